The average Bonchev–Trinajstić information content (AvgIpc) is 2.93. The van der Waals surface area contributed by atoms with Gasteiger partial charge in [-0.05, 0) is 55.7 Å². The highest BCUT2D eigenvalue weighted by Gasteiger charge is 2.33. The van der Waals surface area contributed by atoms with E-state index in [1.807, 2.05) is 37.3 Å². The Kier molecular flexibility index (Phi) is 11.2. The van der Waals surface area contributed by atoms with Crippen LogP contribution in [-0.4, -0.2) is 50.8 Å². The smallest absolute Gasteiger partial charge is 0.264 e. The number of amides is 2. The molecule has 1 N–H and O–H groups in total. The van der Waals surface area contributed by atoms with Gasteiger partial charge in [-0.15, -0.1) is 0 Å². The summed E-state index contributed by atoms with van der Waals surface area (Å²) in [5.74, 6) is -0.832. The van der Waals surface area contributed by atoms with Gasteiger partial charge in [0.05, 0.1) is 15.6 Å². The van der Waals surface area contributed by atoms with Gasteiger partial charge in [-0.2, -0.15) is 0 Å². The van der Waals surface area contributed by atoms with Crippen molar-refractivity contribution in [3.05, 3.63) is 94.5 Å². The lowest BCUT2D eigenvalue weighted by Crippen LogP contribution is -2.52. The quantitative estimate of drug-likeness (QED) is 0.264. The Morgan fingerprint density at radius 2 is 1.59 bits per heavy atom. The van der Waals surface area contributed by atoms with Crippen molar-refractivity contribution in [3.8, 4) is 0 Å². The van der Waals surface area contributed by atoms with E-state index in [2.05, 4.69) is 5.32 Å². The molecule has 2 amide bonds. The summed E-state index contributed by atoms with van der Waals surface area (Å²) < 4.78 is 28.5. The average molecular weight is 591 g/mol. The number of sulfonamides is 1. The van der Waals surface area contributed by atoms with Crippen LogP contribution in [0.5, 0.6) is 0 Å². The summed E-state index contributed by atoms with van der Waals surface area (Å²) in [4.78, 5) is 28.2. The normalized spacial score (nSPS) is 12.0. The zero-order chi connectivity index (χ0) is 28.4. The second-order valence-electron chi connectivity index (χ2n) is 9.06. The van der Waals surface area contributed by atoms with Crippen LogP contribution in [0.25, 0.3) is 0 Å². The summed E-state index contributed by atoms with van der Waals surface area (Å²) in [5.41, 5.74) is 1.10. The van der Waals surface area contributed by atoms with E-state index in [-0.39, 0.29) is 28.1 Å². The first-order valence-electron chi connectivity index (χ1n) is 12.8. The topological polar surface area (TPSA) is 86.8 Å². The molecule has 0 fully saturated rings. The van der Waals surface area contributed by atoms with Crippen molar-refractivity contribution in [2.45, 2.75) is 44.0 Å². The Morgan fingerprint density at radius 3 is 2.21 bits per heavy atom. The van der Waals surface area contributed by atoms with Crippen LogP contribution in [0.1, 0.15) is 32.3 Å². The van der Waals surface area contributed by atoms with Gasteiger partial charge < -0.3 is 10.2 Å². The third-order valence-electron chi connectivity index (χ3n) is 6.27. The van der Waals surface area contributed by atoms with Crippen LogP contribution < -0.4 is 9.62 Å². The molecule has 39 heavy (non-hydrogen) atoms. The third-order valence-corrected chi connectivity index (χ3v) is 8.58. The Labute approximate surface area is 240 Å². The molecular weight excluding hydrogens is 557 g/mol. The highest BCUT2D eigenvalue weighted by Crippen LogP contribution is 2.32. The minimum absolute atomic E-state index is 0.00464. The Bertz CT molecular complexity index is 1360. The van der Waals surface area contributed by atoms with Crippen molar-refractivity contribution >= 4 is 50.7 Å². The Hall–Kier alpha value is -3.07. The zero-order valence-corrected chi connectivity index (χ0v) is 24.3. The summed E-state index contributed by atoms with van der Waals surface area (Å²) in [5, 5.41) is 3.28. The Morgan fingerprint density at radius 1 is 0.949 bits per heavy atom. The number of nitrogens with one attached hydrogen (secondary N) is 1. The van der Waals surface area contributed by atoms with Crippen LogP contribution in [0.2, 0.25) is 10.0 Å². The van der Waals surface area contributed by atoms with E-state index < -0.39 is 28.5 Å². The summed E-state index contributed by atoms with van der Waals surface area (Å²) in [6.45, 7) is 3.83. The molecule has 7 nitrogen and oxygen atoms in total. The van der Waals surface area contributed by atoms with E-state index >= 15 is 0 Å². The number of anilines is 1. The summed E-state index contributed by atoms with van der Waals surface area (Å²) in [6.07, 6.45) is 2.22. The lowest BCUT2D eigenvalue weighted by molar-refractivity contribution is -0.138. The lowest BCUT2D eigenvalue weighted by atomic mass is 10.1. The molecular formula is C29H33Cl2N3O4S. The van der Waals surface area contributed by atoms with Crippen LogP contribution in [0.3, 0.4) is 0 Å². The molecule has 1 unspecified atom stereocenters. The second kappa shape index (κ2) is 14.4. The van der Waals surface area contributed by atoms with E-state index in [9.17, 15) is 18.0 Å². The standard InChI is InChI=1S/C29H33Cl2N3O4S/c1-3-4-18-32-29(36)22(2)33(19-17-23-11-7-5-8-12-23)28(35)21-34(27-16-15-24(30)20-26(27)31)39(37,38)25-13-9-6-10-14-25/h5-16,20,22H,3-4,17-19,21H2,1-2H3,(H,32,36). The number of rotatable bonds is 13. The predicted molar refractivity (Wildman–Crippen MR) is 157 cm³/mol. The summed E-state index contributed by atoms with van der Waals surface area (Å²) in [7, 11) is -4.19. The van der Waals surface area contributed by atoms with Crippen molar-refractivity contribution < 1.29 is 18.0 Å². The van der Waals surface area contributed by atoms with Crippen molar-refractivity contribution in [1.29, 1.82) is 0 Å². The minimum atomic E-state index is -4.19. The monoisotopic (exact) mass is 589 g/mol. The van der Waals surface area contributed by atoms with Crippen LogP contribution in [0.4, 0.5) is 5.69 Å². The van der Waals surface area contributed by atoms with E-state index in [0.29, 0.717) is 18.0 Å². The van der Waals surface area contributed by atoms with Gasteiger partial charge in [0.2, 0.25) is 11.8 Å². The number of carbonyl (C=O) groups is 2. The zero-order valence-electron chi connectivity index (χ0n) is 22.0. The molecule has 0 aromatic heterocycles. The van der Waals surface area contributed by atoms with Gasteiger partial charge in [0.25, 0.3) is 10.0 Å². The molecule has 10 heteroatoms. The van der Waals surface area contributed by atoms with Crippen LogP contribution in [0, 0.1) is 0 Å². The molecule has 3 rings (SSSR count). The van der Waals surface area contributed by atoms with Crippen molar-refractivity contribution in [2.75, 3.05) is 23.9 Å². The molecule has 0 spiro atoms. The molecule has 0 bridgehead atoms. The largest absolute Gasteiger partial charge is 0.354 e. The number of unbranched alkanes of at least 4 members (excludes halogenated alkanes) is 1. The predicted octanol–water partition coefficient (Wildman–Crippen LogP) is 5.56. The number of hydrogen-bond acceptors (Lipinski definition) is 4. The molecule has 0 aliphatic heterocycles. The van der Waals surface area contributed by atoms with Gasteiger partial charge >= 0.3 is 0 Å². The van der Waals surface area contributed by atoms with Crippen molar-refractivity contribution in [2.24, 2.45) is 0 Å². The van der Waals surface area contributed by atoms with E-state index in [1.165, 1.54) is 35.2 Å². The highest BCUT2D eigenvalue weighted by atomic mass is 35.5. The maximum Gasteiger partial charge on any atom is 0.264 e. The van der Waals surface area contributed by atoms with Gasteiger partial charge in [-0.1, -0.05) is 85.1 Å². The minimum Gasteiger partial charge on any atom is -0.354 e. The molecule has 208 valence electrons. The molecule has 3 aromatic rings. The van der Waals surface area contributed by atoms with Gasteiger partial charge in [-0.3, -0.25) is 13.9 Å². The van der Waals surface area contributed by atoms with Gasteiger partial charge in [0.15, 0.2) is 0 Å². The number of hydrogen-bond donors (Lipinski definition) is 1. The van der Waals surface area contributed by atoms with Gasteiger partial charge in [0.1, 0.15) is 12.6 Å². The molecule has 0 radical (unpaired) electrons. The van der Waals surface area contributed by atoms with E-state index in [4.69, 9.17) is 23.2 Å². The van der Waals surface area contributed by atoms with E-state index in [0.717, 1.165) is 22.7 Å². The van der Waals surface area contributed by atoms with Crippen molar-refractivity contribution in [1.82, 2.24) is 10.2 Å². The van der Waals surface area contributed by atoms with Crippen LogP contribution in [0.15, 0.2) is 83.8 Å². The van der Waals surface area contributed by atoms with Crippen LogP contribution in [-0.2, 0) is 26.0 Å². The number of halogens is 2. The fraction of sp³-hybridized carbons (Fsp3) is 0.310. The van der Waals surface area contributed by atoms with Crippen LogP contribution >= 0.6 is 23.2 Å². The molecule has 0 heterocycles. The van der Waals surface area contributed by atoms with Gasteiger partial charge in [-0.25, -0.2) is 8.42 Å². The van der Waals surface area contributed by atoms with Gasteiger partial charge in [0, 0.05) is 18.1 Å². The molecule has 0 aliphatic carbocycles. The number of carbonyl (C=O) groups excluding carboxylic acids is 2. The SMILES string of the molecule is CCCCNC(=O)C(C)N(CCc1ccccc1)C(=O)CN(c1ccc(Cl)cc1Cl)S(=O)(=O)c1ccccc1. The first-order chi connectivity index (χ1) is 18.6. The number of benzene rings is 3. The fourth-order valence-corrected chi connectivity index (χ4v) is 6.04. The maximum atomic E-state index is 13.9. The number of nitrogens with zero attached hydrogens (tertiary/aromatic N) is 2. The van der Waals surface area contributed by atoms with Crippen molar-refractivity contribution in [3.63, 3.8) is 0 Å². The summed E-state index contributed by atoms with van der Waals surface area (Å²) in [6, 6.07) is 21.0. The molecule has 0 saturated heterocycles. The second-order valence-corrected chi connectivity index (χ2v) is 11.8. The maximum absolute atomic E-state index is 13.9. The fourth-order valence-electron chi connectivity index (χ4n) is 4.02. The molecule has 0 saturated carbocycles. The lowest BCUT2D eigenvalue weighted by Gasteiger charge is -2.32. The summed E-state index contributed by atoms with van der Waals surface area (Å²) >= 11 is 12.5. The van der Waals surface area contributed by atoms with E-state index in [1.54, 1.807) is 25.1 Å². The molecule has 1 atom stereocenters. The Balaban J connectivity index is 1.97. The molecule has 0 aliphatic rings. The first-order valence-corrected chi connectivity index (χ1v) is 15.0. The molecule has 3 aromatic carbocycles. The first kappa shape index (κ1) is 30.5. The highest BCUT2D eigenvalue weighted by molar-refractivity contribution is 7.92. The third kappa shape index (κ3) is 8.21.